The molecule has 0 amide bonds. The molecule has 0 saturated heterocycles. The highest BCUT2D eigenvalue weighted by molar-refractivity contribution is 7.89. The molecule has 0 fully saturated rings. The molecule has 1 atom stereocenters. The third-order valence-corrected chi connectivity index (χ3v) is 4.24. The fraction of sp³-hybridized carbons (Fsp3) is 0.500. The lowest BCUT2D eigenvalue weighted by molar-refractivity contribution is 0.379. The molecule has 108 valence electrons. The summed E-state index contributed by atoms with van der Waals surface area (Å²) in [7, 11) is 0.116. The van der Waals surface area contributed by atoms with Crippen LogP contribution in [-0.4, -0.2) is 40.0 Å². The van der Waals surface area contributed by atoms with E-state index < -0.39 is 15.8 Å². The van der Waals surface area contributed by atoms with E-state index in [-0.39, 0.29) is 16.6 Å². The van der Waals surface area contributed by atoms with Gasteiger partial charge < -0.3 is 10.6 Å². The van der Waals surface area contributed by atoms with Gasteiger partial charge in [-0.1, -0.05) is 0 Å². The number of benzene rings is 1. The van der Waals surface area contributed by atoms with Crippen LogP contribution in [0.3, 0.4) is 0 Å². The Balaban J connectivity index is 2.77. The molecule has 0 spiro atoms. The van der Waals surface area contributed by atoms with Gasteiger partial charge in [0.15, 0.2) is 0 Å². The highest BCUT2D eigenvalue weighted by Crippen LogP contribution is 2.16. The van der Waals surface area contributed by atoms with Crippen molar-refractivity contribution in [3.63, 3.8) is 0 Å². The van der Waals surface area contributed by atoms with E-state index in [2.05, 4.69) is 4.72 Å². The first-order valence-corrected chi connectivity index (χ1v) is 7.43. The second-order valence-corrected chi connectivity index (χ2v) is 6.51. The summed E-state index contributed by atoms with van der Waals surface area (Å²) in [6, 6.07) is 3.23. The summed E-state index contributed by atoms with van der Waals surface area (Å²) in [4.78, 5) is 1.85. The van der Waals surface area contributed by atoms with Gasteiger partial charge >= 0.3 is 0 Å². The molecule has 0 bridgehead atoms. The lowest BCUT2D eigenvalue weighted by Gasteiger charge is -2.17. The third kappa shape index (κ3) is 4.77. The van der Waals surface area contributed by atoms with E-state index >= 15 is 0 Å². The number of halogens is 1. The Morgan fingerprint density at radius 3 is 2.58 bits per heavy atom. The molecule has 0 aliphatic rings. The summed E-state index contributed by atoms with van der Waals surface area (Å²) in [5.41, 5.74) is 5.25. The largest absolute Gasteiger partial charge is 0.396 e. The van der Waals surface area contributed by atoms with Crippen LogP contribution in [0.1, 0.15) is 13.3 Å². The van der Waals surface area contributed by atoms with E-state index in [0.717, 1.165) is 12.6 Å². The Labute approximate surface area is 113 Å². The van der Waals surface area contributed by atoms with Gasteiger partial charge in [0.2, 0.25) is 10.0 Å². The maximum atomic E-state index is 13.3. The van der Waals surface area contributed by atoms with Crippen LogP contribution in [0, 0.1) is 5.82 Å². The molecule has 19 heavy (non-hydrogen) atoms. The second kappa shape index (κ2) is 6.31. The lowest BCUT2D eigenvalue weighted by atomic mass is 10.2. The van der Waals surface area contributed by atoms with Crippen molar-refractivity contribution in [2.24, 2.45) is 0 Å². The number of nitrogens with two attached hydrogens (primary N) is 1. The Hall–Kier alpha value is -1.18. The van der Waals surface area contributed by atoms with Crippen LogP contribution in [0.5, 0.6) is 0 Å². The summed E-state index contributed by atoms with van der Waals surface area (Å²) in [6.45, 7) is 2.54. The van der Waals surface area contributed by atoms with Crippen molar-refractivity contribution >= 4 is 15.7 Å². The van der Waals surface area contributed by atoms with Crippen molar-refractivity contribution in [3.8, 4) is 0 Å². The number of sulfonamides is 1. The lowest BCUT2D eigenvalue weighted by Crippen LogP contribution is -2.34. The van der Waals surface area contributed by atoms with Gasteiger partial charge in [-0.2, -0.15) is 0 Å². The quantitative estimate of drug-likeness (QED) is 0.767. The van der Waals surface area contributed by atoms with E-state index in [0.29, 0.717) is 6.42 Å². The molecule has 0 heterocycles. The molecule has 7 heteroatoms. The monoisotopic (exact) mass is 289 g/mol. The summed E-state index contributed by atoms with van der Waals surface area (Å²) in [6.07, 6.45) is 0.670. The average Bonchev–Trinajstić information content (AvgIpc) is 2.29. The van der Waals surface area contributed by atoms with Crippen molar-refractivity contribution in [2.75, 3.05) is 26.4 Å². The van der Waals surface area contributed by atoms with Crippen molar-refractivity contribution in [1.29, 1.82) is 0 Å². The maximum absolute atomic E-state index is 13.3. The molecule has 0 aliphatic carbocycles. The number of nitrogens with zero attached hydrogens (tertiary/aromatic N) is 1. The van der Waals surface area contributed by atoms with Crippen molar-refractivity contribution < 1.29 is 12.8 Å². The van der Waals surface area contributed by atoms with Gasteiger partial charge in [-0.05, 0) is 52.2 Å². The summed E-state index contributed by atoms with van der Waals surface area (Å²) < 4.78 is 39.8. The van der Waals surface area contributed by atoms with E-state index in [1.807, 2.05) is 19.0 Å². The minimum atomic E-state index is -3.71. The number of hydrogen-bond donors (Lipinski definition) is 2. The molecule has 0 aromatic heterocycles. The molecular formula is C12H20FN3O2S. The third-order valence-electron chi connectivity index (χ3n) is 2.65. The fourth-order valence-electron chi connectivity index (χ4n) is 1.52. The zero-order valence-electron chi connectivity index (χ0n) is 11.4. The topological polar surface area (TPSA) is 75.4 Å². The number of hydrogen-bond acceptors (Lipinski definition) is 4. The number of nitrogen functional groups attached to an aromatic ring is 1. The van der Waals surface area contributed by atoms with E-state index in [1.165, 1.54) is 12.1 Å². The zero-order valence-corrected chi connectivity index (χ0v) is 12.2. The van der Waals surface area contributed by atoms with Gasteiger partial charge in [0, 0.05) is 6.04 Å². The van der Waals surface area contributed by atoms with E-state index in [1.54, 1.807) is 6.92 Å². The van der Waals surface area contributed by atoms with Crippen LogP contribution < -0.4 is 10.5 Å². The summed E-state index contributed by atoms with van der Waals surface area (Å²) >= 11 is 0. The van der Waals surface area contributed by atoms with E-state index in [4.69, 9.17) is 5.73 Å². The second-order valence-electron chi connectivity index (χ2n) is 4.80. The van der Waals surface area contributed by atoms with Crippen molar-refractivity contribution in [3.05, 3.63) is 24.0 Å². The first-order chi connectivity index (χ1) is 8.72. The molecular weight excluding hydrogens is 269 g/mol. The SMILES string of the molecule is CC(CCN(C)C)NS(=O)(=O)c1ccc(N)c(F)c1. The van der Waals surface area contributed by atoms with Gasteiger partial charge in [-0.15, -0.1) is 0 Å². The number of anilines is 1. The van der Waals surface area contributed by atoms with Crippen molar-refractivity contribution in [2.45, 2.75) is 24.3 Å². The molecule has 0 radical (unpaired) electrons. The Bertz CT molecular complexity index is 532. The fourth-order valence-corrected chi connectivity index (χ4v) is 2.81. The Morgan fingerprint density at radius 1 is 1.42 bits per heavy atom. The average molecular weight is 289 g/mol. The highest BCUT2D eigenvalue weighted by atomic mass is 32.2. The van der Waals surface area contributed by atoms with Crippen LogP contribution in [0.25, 0.3) is 0 Å². The number of nitrogens with one attached hydrogen (secondary N) is 1. The van der Waals surface area contributed by atoms with Crippen LogP contribution in [-0.2, 0) is 10.0 Å². The maximum Gasteiger partial charge on any atom is 0.240 e. The molecule has 0 aliphatic heterocycles. The van der Waals surface area contributed by atoms with Crippen LogP contribution in [0.15, 0.2) is 23.1 Å². The summed E-state index contributed by atoms with van der Waals surface area (Å²) in [5, 5.41) is 0. The van der Waals surface area contributed by atoms with Gasteiger partial charge in [0.1, 0.15) is 5.82 Å². The molecule has 1 aromatic carbocycles. The van der Waals surface area contributed by atoms with E-state index in [9.17, 15) is 12.8 Å². The van der Waals surface area contributed by atoms with Crippen LogP contribution in [0.4, 0.5) is 10.1 Å². The molecule has 1 rings (SSSR count). The zero-order chi connectivity index (χ0) is 14.6. The predicted molar refractivity (Wildman–Crippen MR) is 73.8 cm³/mol. The first kappa shape index (κ1) is 15.9. The molecule has 5 nitrogen and oxygen atoms in total. The minimum absolute atomic E-state index is 0.0698. The smallest absolute Gasteiger partial charge is 0.240 e. The van der Waals surface area contributed by atoms with Gasteiger partial charge in [0.05, 0.1) is 10.6 Å². The van der Waals surface area contributed by atoms with Crippen molar-refractivity contribution in [1.82, 2.24) is 9.62 Å². The van der Waals surface area contributed by atoms with Crippen LogP contribution in [0.2, 0.25) is 0 Å². The minimum Gasteiger partial charge on any atom is -0.396 e. The molecule has 3 N–H and O–H groups in total. The molecule has 1 unspecified atom stereocenters. The summed E-state index contributed by atoms with van der Waals surface area (Å²) in [5.74, 6) is -0.733. The standard InChI is InChI=1S/C12H20FN3O2S/c1-9(6-7-16(2)3)15-19(17,18)10-4-5-12(14)11(13)8-10/h4-5,8-9,15H,6-7,14H2,1-3H3. The van der Waals surface area contributed by atoms with Gasteiger partial charge in [-0.25, -0.2) is 17.5 Å². The predicted octanol–water partition coefficient (Wildman–Crippen LogP) is 1.03. The van der Waals surface area contributed by atoms with Crippen LogP contribution >= 0.6 is 0 Å². The van der Waals surface area contributed by atoms with Gasteiger partial charge in [0.25, 0.3) is 0 Å². The highest BCUT2D eigenvalue weighted by Gasteiger charge is 2.18. The number of rotatable bonds is 6. The molecule has 1 aromatic rings. The normalized spacial score (nSPS) is 13.7. The Morgan fingerprint density at radius 2 is 2.05 bits per heavy atom. The van der Waals surface area contributed by atoms with Gasteiger partial charge in [-0.3, -0.25) is 0 Å². The molecule has 0 saturated carbocycles. The Kier molecular flexibility index (Phi) is 5.28. The first-order valence-electron chi connectivity index (χ1n) is 5.94.